The molecule has 0 spiro atoms. The number of hydrogen-bond acceptors (Lipinski definition) is 14. The van der Waals surface area contributed by atoms with Crippen LogP contribution in [-0.2, 0) is 49.2 Å². The highest BCUT2D eigenvalue weighted by molar-refractivity contribution is 5.76. The molecule has 15 heteroatoms. The molecule has 1 aromatic rings. The molecule has 63 heavy (non-hydrogen) atoms. The van der Waals surface area contributed by atoms with Gasteiger partial charge in [0.1, 0.15) is 23.9 Å². The fourth-order valence-electron chi connectivity index (χ4n) is 10.4. The number of ether oxygens (including phenoxy) is 8. The number of fused-ring (bicyclic) bond motifs is 1. The van der Waals surface area contributed by atoms with Gasteiger partial charge in [-0.25, -0.2) is 4.99 Å². The topological polar surface area (TPSA) is 170 Å². The Morgan fingerprint density at radius 1 is 0.937 bits per heavy atom. The van der Waals surface area contributed by atoms with Crippen molar-refractivity contribution in [1.29, 1.82) is 0 Å². The SMILES string of the molecule is C=CCN1C[C@H](C)C[C@@](C)(OC)[C@H](O[C@@H]2O[C@H](C)C[C@H]3[C@H]2OC(=NCc2ccccc2)N3C)[C@@H](C)[C@H](O[C@H]2C[C@@](C)(OC)[C@@H](O)[C@H](C)O2)[C@@H](C)C(=O)O[C@H](CC)[C@@](C)(O)[C@H](O)[C@H]1C. The van der Waals surface area contributed by atoms with Crippen LogP contribution in [0, 0.1) is 17.8 Å². The zero-order valence-corrected chi connectivity index (χ0v) is 40.1. The number of cyclic esters (lactones) is 1. The maximum Gasteiger partial charge on any atom is 0.311 e. The molecule has 4 aliphatic heterocycles. The molecular formula is C48H79N3O12. The molecule has 1 aromatic carbocycles. The van der Waals surface area contributed by atoms with E-state index in [2.05, 4.69) is 23.3 Å². The fourth-order valence-corrected chi connectivity index (χ4v) is 10.4. The summed E-state index contributed by atoms with van der Waals surface area (Å²) in [6.45, 7) is 24.0. The van der Waals surface area contributed by atoms with E-state index in [0.29, 0.717) is 38.5 Å². The largest absolute Gasteiger partial charge is 0.459 e. The van der Waals surface area contributed by atoms with Gasteiger partial charge in [-0.15, -0.1) is 6.58 Å². The van der Waals surface area contributed by atoms with E-state index in [4.69, 9.17) is 42.9 Å². The van der Waals surface area contributed by atoms with Crippen molar-refractivity contribution < 1.29 is 58.0 Å². The number of aliphatic hydroxyl groups is 3. The van der Waals surface area contributed by atoms with E-state index in [0.717, 1.165) is 5.56 Å². The minimum atomic E-state index is -1.82. The number of amidine groups is 1. The third-order valence-electron chi connectivity index (χ3n) is 14.4. The van der Waals surface area contributed by atoms with Crippen molar-refractivity contribution in [2.75, 3.05) is 34.4 Å². The van der Waals surface area contributed by atoms with Crippen molar-refractivity contribution in [3.63, 3.8) is 0 Å². The lowest BCUT2D eigenvalue weighted by atomic mass is 9.77. The zero-order valence-electron chi connectivity index (χ0n) is 40.1. The van der Waals surface area contributed by atoms with Gasteiger partial charge < -0.3 is 58.1 Å². The Morgan fingerprint density at radius 3 is 2.22 bits per heavy atom. The average molecular weight is 890 g/mol. The molecule has 4 saturated heterocycles. The Hall–Kier alpha value is -2.70. The highest BCUT2D eigenvalue weighted by atomic mass is 16.7. The van der Waals surface area contributed by atoms with Gasteiger partial charge in [-0.2, -0.15) is 0 Å². The van der Waals surface area contributed by atoms with Gasteiger partial charge in [0.25, 0.3) is 6.02 Å². The molecule has 18 atom stereocenters. The Labute approximate surface area is 376 Å². The highest BCUT2D eigenvalue weighted by Crippen LogP contribution is 2.42. The van der Waals surface area contributed by atoms with Crippen LogP contribution < -0.4 is 0 Å². The molecule has 4 aliphatic rings. The van der Waals surface area contributed by atoms with Crippen LogP contribution in [0.5, 0.6) is 0 Å². The number of nitrogens with zero attached hydrogens (tertiary/aromatic N) is 3. The minimum Gasteiger partial charge on any atom is -0.459 e. The van der Waals surface area contributed by atoms with Crippen LogP contribution in [0.25, 0.3) is 0 Å². The van der Waals surface area contributed by atoms with E-state index < -0.39 is 96.0 Å². The summed E-state index contributed by atoms with van der Waals surface area (Å²) in [5.74, 6) is -2.27. The molecular weight excluding hydrogens is 811 g/mol. The van der Waals surface area contributed by atoms with Crippen LogP contribution in [0.3, 0.4) is 0 Å². The molecule has 4 fully saturated rings. The molecule has 0 amide bonds. The smallest absolute Gasteiger partial charge is 0.311 e. The standard InChI is InChI=1S/C48H79N3O12/c1-15-22-51-27-28(3)24-47(10,57-14)42(63-44-39-35(23-29(4)58-44)50(12)45(62-39)49-26-34-20-18-17-19-21-34)30(5)38(61-37-25-46(9,56-13)41(53)33(8)59-37)31(6)43(54)60-36(16-2)48(11,55)40(52)32(51)7/h15,17-21,28-33,35-42,44,52-53,55H,1,16,22-27H2,2-14H3/t28-,29-,30+,31-,32-,33+,35+,36-,37+,38+,39-,40-,41+,42-,44+,46-,47-,48-/m1/s1. The predicted octanol–water partition coefficient (Wildman–Crippen LogP) is 5.08. The molecule has 0 radical (unpaired) electrons. The van der Waals surface area contributed by atoms with Gasteiger partial charge in [0, 0.05) is 52.7 Å². The monoisotopic (exact) mass is 890 g/mol. The fraction of sp³-hybridized carbons (Fsp3) is 0.792. The summed E-state index contributed by atoms with van der Waals surface area (Å²) in [5, 5.41) is 35.0. The van der Waals surface area contributed by atoms with E-state index in [1.165, 1.54) is 6.92 Å². The number of likely N-dealkylation sites (N-methyl/N-ethyl adjacent to an activating group) is 1. The first-order chi connectivity index (χ1) is 29.6. The van der Waals surface area contributed by atoms with Crippen LogP contribution >= 0.6 is 0 Å². The molecule has 0 unspecified atom stereocenters. The number of esters is 1. The van der Waals surface area contributed by atoms with Crippen molar-refractivity contribution in [3.05, 3.63) is 48.6 Å². The van der Waals surface area contributed by atoms with Gasteiger partial charge in [0.15, 0.2) is 18.7 Å². The number of rotatable bonds is 11. The summed E-state index contributed by atoms with van der Waals surface area (Å²) in [4.78, 5) is 23.6. The van der Waals surface area contributed by atoms with Gasteiger partial charge in [-0.3, -0.25) is 9.69 Å². The first-order valence-corrected chi connectivity index (χ1v) is 23.0. The third kappa shape index (κ3) is 11.3. The minimum absolute atomic E-state index is 0.0504. The van der Waals surface area contributed by atoms with Gasteiger partial charge in [-0.05, 0) is 79.2 Å². The molecule has 0 aliphatic carbocycles. The summed E-state index contributed by atoms with van der Waals surface area (Å²) in [6.07, 6.45) is -4.88. The van der Waals surface area contributed by atoms with Crippen LogP contribution in [0.4, 0.5) is 0 Å². The van der Waals surface area contributed by atoms with E-state index in [1.54, 1.807) is 34.1 Å². The number of carbonyl (C=O) groups excluding carboxylic acids is 1. The van der Waals surface area contributed by atoms with E-state index in [-0.39, 0.29) is 30.9 Å². The predicted molar refractivity (Wildman–Crippen MR) is 239 cm³/mol. The van der Waals surface area contributed by atoms with Gasteiger partial charge in [0.2, 0.25) is 0 Å². The van der Waals surface area contributed by atoms with Gasteiger partial charge in [0.05, 0.1) is 54.1 Å². The second-order valence-corrected chi connectivity index (χ2v) is 19.5. The normalized spacial score (nSPS) is 44.3. The molecule has 5 rings (SSSR count). The van der Waals surface area contributed by atoms with Crippen molar-refractivity contribution in [2.45, 2.75) is 192 Å². The molecule has 0 bridgehead atoms. The lowest BCUT2D eigenvalue weighted by molar-refractivity contribution is -0.315. The lowest BCUT2D eigenvalue weighted by Gasteiger charge is -2.49. The number of aliphatic imine (C=N–C) groups is 1. The molecule has 4 heterocycles. The maximum absolute atomic E-state index is 14.6. The first kappa shape index (κ1) is 51.3. The van der Waals surface area contributed by atoms with Gasteiger partial charge in [-0.1, -0.05) is 57.2 Å². The van der Waals surface area contributed by atoms with E-state index in [1.807, 2.05) is 78.9 Å². The van der Waals surface area contributed by atoms with Crippen LogP contribution in [0.1, 0.15) is 100 Å². The van der Waals surface area contributed by atoms with Crippen molar-refractivity contribution in [2.24, 2.45) is 22.7 Å². The number of methoxy groups -OCH3 is 2. The second kappa shape index (κ2) is 21.3. The second-order valence-electron chi connectivity index (χ2n) is 19.5. The van der Waals surface area contributed by atoms with Crippen molar-refractivity contribution in [1.82, 2.24) is 9.80 Å². The van der Waals surface area contributed by atoms with E-state index in [9.17, 15) is 20.1 Å². The zero-order chi connectivity index (χ0) is 46.6. The highest BCUT2D eigenvalue weighted by Gasteiger charge is 2.55. The summed E-state index contributed by atoms with van der Waals surface area (Å²) in [5.41, 5.74) is -2.80. The summed E-state index contributed by atoms with van der Waals surface area (Å²) >= 11 is 0. The van der Waals surface area contributed by atoms with Crippen LogP contribution in [-0.4, -0.2) is 162 Å². The Balaban J connectivity index is 1.61. The molecule has 358 valence electrons. The molecule has 0 aromatic heterocycles. The summed E-state index contributed by atoms with van der Waals surface area (Å²) in [6, 6.07) is 9.86. The molecule has 0 saturated carbocycles. The van der Waals surface area contributed by atoms with Crippen molar-refractivity contribution >= 4 is 12.0 Å². The lowest BCUT2D eigenvalue weighted by Crippen LogP contribution is -2.60. The van der Waals surface area contributed by atoms with Crippen LogP contribution in [0.15, 0.2) is 48.0 Å². The quantitative estimate of drug-likeness (QED) is 0.199. The average Bonchev–Trinajstić information content (AvgIpc) is 3.57. The number of carbonyl (C=O) groups is 1. The van der Waals surface area contributed by atoms with Crippen LogP contribution in [0.2, 0.25) is 0 Å². The summed E-state index contributed by atoms with van der Waals surface area (Å²) < 4.78 is 52.5. The number of aliphatic hydroxyl groups excluding tert-OH is 2. The molecule has 3 N–H and O–H groups in total. The Kier molecular flexibility index (Phi) is 17.3. The van der Waals surface area contributed by atoms with Gasteiger partial charge >= 0.3 is 5.97 Å². The first-order valence-electron chi connectivity index (χ1n) is 23.0. The Morgan fingerprint density at radius 2 is 1.60 bits per heavy atom. The van der Waals surface area contributed by atoms with Crippen molar-refractivity contribution in [3.8, 4) is 0 Å². The Bertz CT molecular complexity index is 1670. The molecule has 15 nitrogen and oxygen atoms in total. The number of hydrogen-bond donors (Lipinski definition) is 3. The third-order valence-corrected chi connectivity index (χ3v) is 14.4. The number of benzene rings is 1. The maximum atomic E-state index is 14.6. The van der Waals surface area contributed by atoms with E-state index >= 15 is 0 Å². The summed E-state index contributed by atoms with van der Waals surface area (Å²) in [7, 11) is 5.19.